The molecule has 1 fully saturated rings. The van der Waals surface area contributed by atoms with Crippen molar-refractivity contribution in [3.63, 3.8) is 0 Å². The van der Waals surface area contributed by atoms with Crippen LogP contribution in [0.4, 0.5) is 0 Å². The highest BCUT2D eigenvalue weighted by molar-refractivity contribution is 7.80. The molecule has 0 amide bonds. The van der Waals surface area contributed by atoms with Gasteiger partial charge in [0.1, 0.15) is 0 Å². The van der Waals surface area contributed by atoms with Crippen LogP contribution >= 0.6 is 12.6 Å². The first-order valence-corrected chi connectivity index (χ1v) is 6.63. The summed E-state index contributed by atoms with van der Waals surface area (Å²) in [7, 11) is 0. The fourth-order valence-electron chi connectivity index (χ4n) is 2.23. The number of ether oxygens (including phenoxy) is 1. The van der Waals surface area contributed by atoms with Gasteiger partial charge in [-0.15, -0.1) is 12.6 Å². The lowest BCUT2D eigenvalue weighted by Gasteiger charge is -2.39. The fraction of sp³-hybridized carbons (Fsp3) is 0.500. The molecule has 1 aliphatic heterocycles. The molecule has 18 heavy (non-hydrogen) atoms. The minimum atomic E-state index is -0.484. The Morgan fingerprint density at radius 1 is 1.22 bits per heavy atom. The van der Waals surface area contributed by atoms with Gasteiger partial charge < -0.3 is 4.74 Å². The zero-order valence-corrected chi connectivity index (χ0v) is 11.7. The van der Waals surface area contributed by atoms with Crippen LogP contribution in [-0.2, 0) is 4.74 Å². The van der Waals surface area contributed by atoms with E-state index in [2.05, 4.69) is 17.5 Å². The van der Waals surface area contributed by atoms with Crippen LogP contribution in [0.3, 0.4) is 0 Å². The summed E-state index contributed by atoms with van der Waals surface area (Å²) in [5.41, 5.74) is 0.256. The Balaban J connectivity index is 2.17. The standard InChI is InChI=1S/C14H19NO2S/c1-14(2,15-7-9-17-10-8-15)13(16)11-3-5-12(18)6-4-11/h3-6,18H,7-10H2,1-2H3. The van der Waals surface area contributed by atoms with Gasteiger partial charge in [-0.05, 0) is 26.0 Å². The monoisotopic (exact) mass is 265 g/mol. The van der Waals surface area contributed by atoms with Crippen LogP contribution in [0.1, 0.15) is 24.2 Å². The van der Waals surface area contributed by atoms with Crippen molar-refractivity contribution in [1.29, 1.82) is 0 Å². The zero-order valence-electron chi connectivity index (χ0n) is 10.8. The largest absolute Gasteiger partial charge is 0.379 e. The molecule has 0 aromatic heterocycles. The Hall–Kier alpha value is -0.840. The van der Waals surface area contributed by atoms with E-state index in [0.717, 1.165) is 23.5 Å². The molecule has 0 aliphatic carbocycles. The highest BCUT2D eigenvalue weighted by Crippen LogP contribution is 2.22. The number of benzene rings is 1. The first kappa shape index (κ1) is 13.6. The number of Topliss-reactive ketones (excluding diaryl/α,β-unsaturated/α-hetero) is 1. The average Bonchev–Trinajstić information content (AvgIpc) is 2.40. The Morgan fingerprint density at radius 3 is 2.33 bits per heavy atom. The van der Waals surface area contributed by atoms with Gasteiger partial charge in [0.15, 0.2) is 5.78 Å². The summed E-state index contributed by atoms with van der Waals surface area (Å²) in [5, 5.41) is 0. The highest BCUT2D eigenvalue weighted by atomic mass is 32.1. The number of carbonyl (C=O) groups excluding carboxylic acids is 1. The molecule has 1 aromatic carbocycles. The molecule has 2 rings (SSSR count). The number of ketones is 1. The normalized spacial score (nSPS) is 17.7. The highest BCUT2D eigenvalue weighted by Gasteiger charge is 2.35. The summed E-state index contributed by atoms with van der Waals surface area (Å²) in [4.78, 5) is 15.6. The van der Waals surface area contributed by atoms with Crippen LogP contribution in [0.5, 0.6) is 0 Å². The Labute approximate surface area is 114 Å². The molecular formula is C14H19NO2S. The van der Waals surface area contributed by atoms with Gasteiger partial charge in [0.25, 0.3) is 0 Å². The molecule has 0 saturated carbocycles. The van der Waals surface area contributed by atoms with Crippen molar-refractivity contribution >= 4 is 18.4 Å². The lowest BCUT2D eigenvalue weighted by Crippen LogP contribution is -2.54. The van der Waals surface area contributed by atoms with Crippen molar-refractivity contribution in [2.24, 2.45) is 0 Å². The van der Waals surface area contributed by atoms with Crippen LogP contribution in [0.15, 0.2) is 29.2 Å². The van der Waals surface area contributed by atoms with E-state index < -0.39 is 5.54 Å². The quantitative estimate of drug-likeness (QED) is 0.671. The van der Waals surface area contributed by atoms with Crippen molar-refractivity contribution in [1.82, 2.24) is 4.90 Å². The summed E-state index contributed by atoms with van der Waals surface area (Å²) < 4.78 is 5.33. The Morgan fingerprint density at radius 2 is 1.78 bits per heavy atom. The van der Waals surface area contributed by atoms with Crippen molar-refractivity contribution in [3.05, 3.63) is 29.8 Å². The van der Waals surface area contributed by atoms with Crippen LogP contribution in [-0.4, -0.2) is 42.5 Å². The molecular weight excluding hydrogens is 246 g/mol. The third-order valence-corrected chi connectivity index (χ3v) is 3.78. The molecule has 0 atom stereocenters. The number of hydrogen-bond acceptors (Lipinski definition) is 4. The molecule has 0 bridgehead atoms. The maximum Gasteiger partial charge on any atom is 0.182 e. The summed E-state index contributed by atoms with van der Waals surface area (Å²) in [6.45, 7) is 6.98. The molecule has 0 radical (unpaired) electrons. The van der Waals surface area contributed by atoms with Crippen molar-refractivity contribution < 1.29 is 9.53 Å². The van der Waals surface area contributed by atoms with Crippen molar-refractivity contribution in [2.45, 2.75) is 24.3 Å². The van der Waals surface area contributed by atoms with Gasteiger partial charge in [-0.3, -0.25) is 9.69 Å². The Kier molecular flexibility index (Phi) is 4.10. The van der Waals surface area contributed by atoms with Crippen molar-refractivity contribution in [3.8, 4) is 0 Å². The second-order valence-corrected chi connectivity index (χ2v) is 5.55. The molecule has 0 N–H and O–H groups in total. The van der Waals surface area contributed by atoms with E-state index >= 15 is 0 Å². The first-order chi connectivity index (χ1) is 8.51. The van der Waals surface area contributed by atoms with Gasteiger partial charge in [0.2, 0.25) is 0 Å². The SMILES string of the molecule is CC(C)(C(=O)c1ccc(S)cc1)N1CCOCC1. The van der Waals surface area contributed by atoms with Crippen LogP contribution < -0.4 is 0 Å². The third kappa shape index (κ3) is 2.76. The van der Waals surface area contributed by atoms with Crippen LogP contribution in [0, 0.1) is 0 Å². The minimum absolute atomic E-state index is 0.151. The molecule has 1 aliphatic rings. The maximum absolute atomic E-state index is 12.6. The van der Waals surface area contributed by atoms with E-state index in [1.807, 2.05) is 38.1 Å². The first-order valence-electron chi connectivity index (χ1n) is 6.18. The summed E-state index contributed by atoms with van der Waals surface area (Å²) in [5.74, 6) is 0.151. The molecule has 0 spiro atoms. The summed E-state index contributed by atoms with van der Waals surface area (Å²) in [6, 6.07) is 7.39. The fourth-order valence-corrected chi connectivity index (χ4v) is 2.38. The molecule has 98 valence electrons. The molecule has 1 aromatic rings. The number of thiol groups is 1. The zero-order chi connectivity index (χ0) is 13.2. The van der Waals surface area contributed by atoms with Crippen molar-refractivity contribution in [2.75, 3.05) is 26.3 Å². The number of rotatable bonds is 3. The maximum atomic E-state index is 12.6. The van der Waals surface area contributed by atoms with E-state index in [-0.39, 0.29) is 5.78 Å². The lowest BCUT2D eigenvalue weighted by molar-refractivity contribution is -0.00430. The number of carbonyl (C=O) groups is 1. The number of morpholine rings is 1. The van der Waals surface area contributed by atoms with Crippen LogP contribution in [0.25, 0.3) is 0 Å². The molecule has 4 heteroatoms. The van der Waals surface area contributed by atoms with E-state index in [1.54, 1.807) is 0 Å². The predicted octanol–water partition coefficient (Wildman–Crippen LogP) is 2.27. The second-order valence-electron chi connectivity index (χ2n) is 5.03. The number of nitrogens with zero attached hydrogens (tertiary/aromatic N) is 1. The second kappa shape index (κ2) is 5.43. The molecule has 1 saturated heterocycles. The van der Waals surface area contributed by atoms with Gasteiger partial charge in [0, 0.05) is 23.5 Å². The van der Waals surface area contributed by atoms with Gasteiger partial charge in [0.05, 0.1) is 18.8 Å². The molecule has 1 heterocycles. The summed E-state index contributed by atoms with van der Waals surface area (Å²) >= 11 is 4.24. The summed E-state index contributed by atoms with van der Waals surface area (Å²) in [6.07, 6.45) is 0. The smallest absolute Gasteiger partial charge is 0.182 e. The molecule has 0 unspecified atom stereocenters. The predicted molar refractivity (Wildman–Crippen MR) is 74.5 cm³/mol. The van der Waals surface area contributed by atoms with Gasteiger partial charge in [-0.25, -0.2) is 0 Å². The lowest BCUT2D eigenvalue weighted by atomic mass is 9.91. The van der Waals surface area contributed by atoms with E-state index in [1.165, 1.54) is 0 Å². The topological polar surface area (TPSA) is 29.5 Å². The van der Waals surface area contributed by atoms with E-state index in [9.17, 15) is 4.79 Å². The van der Waals surface area contributed by atoms with Crippen LogP contribution in [0.2, 0.25) is 0 Å². The van der Waals surface area contributed by atoms with Gasteiger partial charge in [-0.2, -0.15) is 0 Å². The van der Waals surface area contributed by atoms with E-state index in [4.69, 9.17) is 4.74 Å². The molecule has 3 nitrogen and oxygen atoms in total. The third-order valence-electron chi connectivity index (χ3n) is 3.49. The van der Waals surface area contributed by atoms with Gasteiger partial charge >= 0.3 is 0 Å². The average molecular weight is 265 g/mol. The number of hydrogen-bond donors (Lipinski definition) is 1. The Bertz CT molecular complexity index is 422. The minimum Gasteiger partial charge on any atom is -0.379 e. The van der Waals surface area contributed by atoms with Gasteiger partial charge in [-0.1, -0.05) is 12.1 Å². The van der Waals surface area contributed by atoms with E-state index in [0.29, 0.717) is 13.2 Å².